The van der Waals surface area contributed by atoms with Crippen LogP contribution in [0, 0.1) is 0 Å². The van der Waals surface area contributed by atoms with Crippen molar-refractivity contribution in [1.82, 2.24) is 0 Å². The summed E-state index contributed by atoms with van der Waals surface area (Å²) < 4.78 is 10.5. The molecule has 0 saturated carbocycles. The Hall–Kier alpha value is -2.11. The zero-order valence-electron chi connectivity index (χ0n) is 11.2. The molecule has 0 radical (unpaired) electrons. The highest BCUT2D eigenvalue weighted by molar-refractivity contribution is 5.90. The van der Waals surface area contributed by atoms with Crippen molar-refractivity contribution in [3.63, 3.8) is 0 Å². The van der Waals surface area contributed by atoms with Crippen LogP contribution >= 0.6 is 0 Å². The third-order valence-corrected chi connectivity index (χ3v) is 2.77. The van der Waals surface area contributed by atoms with Crippen molar-refractivity contribution in [2.24, 2.45) is 5.73 Å². The van der Waals surface area contributed by atoms with Crippen LogP contribution < -0.4 is 11.1 Å². The molecule has 1 heterocycles. The highest BCUT2D eigenvalue weighted by atomic mass is 16.5. The highest BCUT2D eigenvalue weighted by Crippen LogP contribution is 2.09. The van der Waals surface area contributed by atoms with Crippen LogP contribution in [0.3, 0.4) is 0 Å². The van der Waals surface area contributed by atoms with Crippen LogP contribution in [0.25, 0.3) is 0 Å². The van der Waals surface area contributed by atoms with Gasteiger partial charge in [0.2, 0.25) is 5.91 Å². The second-order valence-electron chi connectivity index (χ2n) is 4.33. The fourth-order valence-electron chi connectivity index (χ4n) is 1.68. The molecule has 1 amide bonds. The summed E-state index contributed by atoms with van der Waals surface area (Å²) in [5.41, 5.74) is 7.31. The number of nitrogens with one attached hydrogen (secondary N) is 1. The number of carbonyl (C=O) groups excluding carboxylic acids is 1. The van der Waals surface area contributed by atoms with Crippen molar-refractivity contribution < 1.29 is 13.9 Å². The van der Waals surface area contributed by atoms with Gasteiger partial charge in [-0.1, -0.05) is 12.1 Å². The first-order valence-corrected chi connectivity index (χ1v) is 6.47. The molecule has 1 aromatic heterocycles. The maximum Gasteiger partial charge on any atom is 0.226 e. The quantitative estimate of drug-likeness (QED) is 0.759. The lowest BCUT2D eigenvalue weighted by atomic mass is 10.2. The molecule has 2 aromatic rings. The van der Waals surface area contributed by atoms with E-state index in [0.29, 0.717) is 26.2 Å². The maximum atomic E-state index is 11.7. The number of carbonyl (C=O) groups is 1. The molecule has 5 nitrogen and oxygen atoms in total. The first-order chi connectivity index (χ1) is 9.78. The van der Waals surface area contributed by atoms with Gasteiger partial charge in [-0.25, -0.2) is 0 Å². The normalized spacial score (nSPS) is 10.4. The molecule has 5 heteroatoms. The Balaban J connectivity index is 1.66. The summed E-state index contributed by atoms with van der Waals surface area (Å²) in [4.78, 5) is 11.7. The van der Waals surface area contributed by atoms with Crippen molar-refractivity contribution in [2.75, 3.05) is 11.9 Å². The van der Waals surface area contributed by atoms with E-state index in [2.05, 4.69) is 5.32 Å². The number of anilines is 1. The van der Waals surface area contributed by atoms with E-state index in [1.54, 1.807) is 12.3 Å². The summed E-state index contributed by atoms with van der Waals surface area (Å²) in [7, 11) is 0. The largest absolute Gasteiger partial charge is 0.467 e. The van der Waals surface area contributed by atoms with E-state index in [9.17, 15) is 4.79 Å². The first kappa shape index (κ1) is 14.3. The minimum absolute atomic E-state index is 0.0788. The van der Waals surface area contributed by atoms with Crippen LogP contribution in [0.4, 0.5) is 5.69 Å². The molecule has 20 heavy (non-hydrogen) atoms. The van der Waals surface area contributed by atoms with Crippen molar-refractivity contribution in [1.29, 1.82) is 0 Å². The lowest BCUT2D eigenvalue weighted by molar-refractivity contribution is -0.117. The molecule has 0 aliphatic carbocycles. The smallest absolute Gasteiger partial charge is 0.226 e. The van der Waals surface area contributed by atoms with Crippen LogP contribution in [0.1, 0.15) is 17.7 Å². The number of nitrogens with two attached hydrogens (primary N) is 1. The predicted octanol–water partition coefficient (Wildman–Crippen LogP) is 2.28. The zero-order valence-corrected chi connectivity index (χ0v) is 11.2. The SMILES string of the molecule is NCc1ccc(NC(=O)CCOCc2ccco2)cc1. The number of ether oxygens (including phenoxy) is 1. The predicted molar refractivity (Wildman–Crippen MR) is 75.9 cm³/mol. The third-order valence-electron chi connectivity index (χ3n) is 2.77. The average Bonchev–Trinajstić information content (AvgIpc) is 2.98. The van der Waals surface area contributed by atoms with E-state index >= 15 is 0 Å². The number of hydrogen-bond acceptors (Lipinski definition) is 4. The van der Waals surface area contributed by atoms with Gasteiger partial charge >= 0.3 is 0 Å². The zero-order chi connectivity index (χ0) is 14.2. The van der Waals surface area contributed by atoms with E-state index in [0.717, 1.165) is 17.0 Å². The second kappa shape index (κ2) is 7.47. The topological polar surface area (TPSA) is 77.5 Å². The molecule has 0 unspecified atom stereocenters. The van der Waals surface area contributed by atoms with Crippen LogP contribution in [-0.2, 0) is 22.7 Å². The van der Waals surface area contributed by atoms with Crippen LogP contribution in [0.15, 0.2) is 47.1 Å². The van der Waals surface area contributed by atoms with Gasteiger partial charge in [0.25, 0.3) is 0 Å². The van der Waals surface area contributed by atoms with Gasteiger partial charge < -0.3 is 20.2 Å². The number of amides is 1. The molecule has 0 saturated heterocycles. The van der Waals surface area contributed by atoms with Gasteiger partial charge in [-0.05, 0) is 29.8 Å². The number of benzene rings is 1. The number of rotatable bonds is 7. The van der Waals surface area contributed by atoms with Crippen molar-refractivity contribution in [2.45, 2.75) is 19.6 Å². The lowest BCUT2D eigenvalue weighted by Crippen LogP contribution is -2.14. The molecule has 0 bridgehead atoms. The Morgan fingerprint density at radius 1 is 1.25 bits per heavy atom. The summed E-state index contributed by atoms with van der Waals surface area (Å²) in [5, 5.41) is 2.80. The number of furan rings is 1. The summed E-state index contributed by atoms with van der Waals surface area (Å²) in [6.45, 7) is 1.23. The van der Waals surface area contributed by atoms with E-state index < -0.39 is 0 Å². The van der Waals surface area contributed by atoms with Gasteiger partial charge in [-0.2, -0.15) is 0 Å². The van der Waals surface area contributed by atoms with Crippen molar-refractivity contribution in [3.8, 4) is 0 Å². The Bertz CT molecular complexity index is 521. The van der Waals surface area contributed by atoms with Gasteiger partial charge in [-0.15, -0.1) is 0 Å². The summed E-state index contributed by atoms with van der Waals surface area (Å²) in [5.74, 6) is 0.674. The molecule has 0 fully saturated rings. The van der Waals surface area contributed by atoms with Gasteiger partial charge in [0, 0.05) is 12.2 Å². The first-order valence-electron chi connectivity index (χ1n) is 6.47. The van der Waals surface area contributed by atoms with Gasteiger partial charge in [0.15, 0.2) is 0 Å². The molecule has 0 atom stereocenters. The Labute approximate surface area is 117 Å². The molecule has 106 valence electrons. The van der Waals surface area contributed by atoms with Gasteiger partial charge in [0.1, 0.15) is 12.4 Å². The second-order valence-corrected chi connectivity index (χ2v) is 4.33. The summed E-state index contributed by atoms with van der Waals surface area (Å²) in [6, 6.07) is 11.1. The van der Waals surface area contributed by atoms with Crippen LogP contribution in [-0.4, -0.2) is 12.5 Å². The summed E-state index contributed by atoms with van der Waals surface area (Å²) >= 11 is 0. The summed E-state index contributed by atoms with van der Waals surface area (Å²) in [6.07, 6.45) is 1.90. The van der Waals surface area contributed by atoms with E-state index in [4.69, 9.17) is 14.9 Å². The van der Waals surface area contributed by atoms with E-state index in [-0.39, 0.29) is 5.91 Å². The monoisotopic (exact) mass is 274 g/mol. The Kier molecular flexibility index (Phi) is 5.34. The molecule has 2 rings (SSSR count). The molecule has 0 aliphatic rings. The van der Waals surface area contributed by atoms with Gasteiger partial charge in [0.05, 0.1) is 19.3 Å². The standard InChI is InChI=1S/C15H18N2O3/c16-10-12-3-5-13(6-4-12)17-15(18)7-9-19-11-14-2-1-8-20-14/h1-6,8H,7,9-11,16H2,(H,17,18). The van der Waals surface area contributed by atoms with E-state index in [1.807, 2.05) is 30.3 Å². The van der Waals surface area contributed by atoms with Crippen molar-refractivity contribution in [3.05, 3.63) is 54.0 Å². The Morgan fingerprint density at radius 2 is 2.05 bits per heavy atom. The molecular weight excluding hydrogens is 256 g/mol. The minimum atomic E-state index is -0.0788. The highest BCUT2D eigenvalue weighted by Gasteiger charge is 2.03. The third kappa shape index (κ3) is 4.53. The fourth-order valence-corrected chi connectivity index (χ4v) is 1.68. The Morgan fingerprint density at radius 3 is 2.70 bits per heavy atom. The fraction of sp³-hybridized carbons (Fsp3) is 0.267. The molecule has 0 spiro atoms. The van der Waals surface area contributed by atoms with Crippen LogP contribution in [0.2, 0.25) is 0 Å². The average molecular weight is 274 g/mol. The molecule has 1 aromatic carbocycles. The minimum Gasteiger partial charge on any atom is -0.467 e. The molecular formula is C15H18N2O3. The maximum absolute atomic E-state index is 11.7. The lowest BCUT2D eigenvalue weighted by Gasteiger charge is -2.06. The van der Waals surface area contributed by atoms with Crippen molar-refractivity contribution >= 4 is 11.6 Å². The molecule has 0 aliphatic heterocycles. The van der Waals surface area contributed by atoms with Gasteiger partial charge in [-0.3, -0.25) is 4.79 Å². The molecule has 3 N–H and O–H groups in total. The van der Waals surface area contributed by atoms with Crippen LogP contribution in [0.5, 0.6) is 0 Å². The number of hydrogen-bond donors (Lipinski definition) is 2. The van der Waals surface area contributed by atoms with E-state index in [1.165, 1.54) is 0 Å².